The summed E-state index contributed by atoms with van der Waals surface area (Å²) in [5.41, 5.74) is 1.06. The van der Waals surface area contributed by atoms with Gasteiger partial charge in [-0.2, -0.15) is 12.7 Å². The van der Waals surface area contributed by atoms with Gasteiger partial charge in [-0.1, -0.05) is 30.3 Å². The Labute approximate surface area is 186 Å². The number of piperazine rings is 1. The van der Waals surface area contributed by atoms with Crippen LogP contribution < -0.4 is 10.2 Å². The molecule has 1 aromatic carbocycles. The van der Waals surface area contributed by atoms with E-state index in [0.29, 0.717) is 19.6 Å². The molecule has 2 fully saturated rings. The molecule has 0 unspecified atom stereocenters. The number of nitrogens with one attached hydrogen (secondary N) is 2. The molecule has 3 heterocycles. The van der Waals surface area contributed by atoms with E-state index < -0.39 is 15.8 Å². The average molecular weight is 459 g/mol. The number of likely N-dealkylation sites (N-methyl/N-ethyl adjacent to an activating group) is 1. The highest BCUT2D eigenvalue weighted by Crippen LogP contribution is 2.46. The van der Waals surface area contributed by atoms with Crippen LogP contribution in [-0.4, -0.2) is 76.8 Å². The first kappa shape index (κ1) is 22.3. The third-order valence-electron chi connectivity index (χ3n) is 5.76. The molecule has 10 nitrogen and oxygen atoms in total. The molecule has 1 aliphatic heterocycles. The van der Waals surface area contributed by atoms with Crippen LogP contribution >= 0.6 is 0 Å². The van der Waals surface area contributed by atoms with Crippen molar-refractivity contribution in [2.45, 2.75) is 18.4 Å². The number of nitrogens with zero attached hydrogens (tertiary/aromatic N) is 4. The Morgan fingerprint density at radius 1 is 1.19 bits per heavy atom. The second-order valence-electron chi connectivity index (χ2n) is 7.95. The van der Waals surface area contributed by atoms with E-state index in [4.69, 9.17) is 0 Å². The standard InChI is InChI=1S/C12H15N5O3S.C9H11NO/c18-21(19,20)17-6-5-16(7-12(17)2-3-12)11-9-1-4-13-10(9)14-8-15-11;1-10-7-9(11)8-5-3-2-4-6-8/h1,4,8H,2-3,5-7H2,(H,13,14,15)(H,18,19,20);2-6,10H,7H2,1H3. The van der Waals surface area contributed by atoms with Crippen molar-refractivity contribution >= 4 is 32.9 Å². The van der Waals surface area contributed by atoms with Gasteiger partial charge >= 0.3 is 10.3 Å². The Morgan fingerprint density at radius 3 is 2.59 bits per heavy atom. The highest BCUT2D eigenvalue weighted by Gasteiger charge is 2.55. The van der Waals surface area contributed by atoms with Crippen molar-refractivity contribution in [3.05, 3.63) is 54.5 Å². The molecule has 170 valence electrons. The van der Waals surface area contributed by atoms with Gasteiger partial charge in [0.25, 0.3) is 0 Å². The van der Waals surface area contributed by atoms with Gasteiger partial charge in [0.05, 0.1) is 17.5 Å². The molecule has 5 rings (SSSR count). The predicted molar refractivity (Wildman–Crippen MR) is 121 cm³/mol. The molecule has 1 saturated carbocycles. The molecule has 0 bridgehead atoms. The third-order valence-corrected chi connectivity index (χ3v) is 6.89. The average Bonchev–Trinajstić information content (AvgIpc) is 3.34. The van der Waals surface area contributed by atoms with Crippen LogP contribution in [0.15, 0.2) is 48.9 Å². The molecular weight excluding hydrogens is 432 g/mol. The van der Waals surface area contributed by atoms with Crippen LogP contribution in [0, 0.1) is 0 Å². The van der Waals surface area contributed by atoms with Crippen molar-refractivity contribution in [2.24, 2.45) is 0 Å². The van der Waals surface area contributed by atoms with E-state index in [0.717, 1.165) is 35.3 Å². The molecule has 0 amide bonds. The van der Waals surface area contributed by atoms with Crippen LogP contribution in [0.25, 0.3) is 11.0 Å². The Bertz CT molecular complexity index is 1190. The zero-order valence-electron chi connectivity index (χ0n) is 17.7. The number of anilines is 1. The molecule has 1 aliphatic carbocycles. The van der Waals surface area contributed by atoms with Gasteiger partial charge in [0.2, 0.25) is 0 Å². The van der Waals surface area contributed by atoms with Gasteiger partial charge in [0, 0.05) is 31.4 Å². The lowest BCUT2D eigenvalue weighted by atomic mass is 10.1. The monoisotopic (exact) mass is 458 g/mol. The van der Waals surface area contributed by atoms with Gasteiger partial charge in [-0.3, -0.25) is 9.35 Å². The van der Waals surface area contributed by atoms with Crippen LogP contribution in [0.5, 0.6) is 0 Å². The molecule has 1 spiro atoms. The number of benzene rings is 1. The molecule has 1 saturated heterocycles. The van der Waals surface area contributed by atoms with E-state index in [1.54, 1.807) is 7.05 Å². The maximum absolute atomic E-state index is 11.5. The third kappa shape index (κ3) is 4.65. The molecule has 3 N–H and O–H groups in total. The predicted octanol–water partition coefficient (Wildman–Crippen LogP) is 1.50. The molecule has 32 heavy (non-hydrogen) atoms. The number of H-pyrrole nitrogens is 1. The number of Topliss-reactive ketones (excluding diaryl/α,β-unsaturated/α-hetero) is 1. The highest BCUT2D eigenvalue weighted by atomic mass is 32.2. The second-order valence-corrected chi connectivity index (χ2v) is 9.29. The van der Waals surface area contributed by atoms with Gasteiger partial charge in [0.1, 0.15) is 17.8 Å². The van der Waals surface area contributed by atoms with Crippen LogP contribution in [-0.2, 0) is 10.3 Å². The quantitative estimate of drug-likeness (QED) is 0.387. The summed E-state index contributed by atoms with van der Waals surface area (Å²) in [4.78, 5) is 24.8. The van der Waals surface area contributed by atoms with Crippen molar-refractivity contribution in [3.63, 3.8) is 0 Å². The van der Waals surface area contributed by atoms with Crippen molar-refractivity contribution in [1.29, 1.82) is 0 Å². The van der Waals surface area contributed by atoms with E-state index in [-0.39, 0.29) is 12.3 Å². The zero-order valence-corrected chi connectivity index (χ0v) is 18.5. The number of hydrogen-bond acceptors (Lipinski definition) is 7. The van der Waals surface area contributed by atoms with Crippen molar-refractivity contribution in [2.75, 3.05) is 38.1 Å². The largest absolute Gasteiger partial charge is 0.353 e. The Hall–Kier alpha value is -2.86. The topological polar surface area (TPSA) is 132 Å². The first-order chi connectivity index (χ1) is 15.3. The summed E-state index contributed by atoms with van der Waals surface area (Å²) in [5.74, 6) is 0.940. The van der Waals surface area contributed by atoms with Crippen LogP contribution in [0.4, 0.5) is 5.82 Å². The fraction of sp³-hybridized carbons (Fsp3) is 0.381. The normalized spacial score (nSPS) is 17.8. The number of carbonyl (C=O) groups is 1. The minimum absolute atomic E-state index is 0.133. The molecule has 2 aliphatic rings. The summed E-state index contributed by atoms with van der Waals surface area (Å²) in [6.07, 6.45) is 4.85. The van der Waals surface area contributed by atoms with E-state index in [1.807, 2.05) is 42.6 Å². The van der Waals surface area contributed by atoms with Gasteiger partial charge in [-0.05, 0) is 26.0 Å². The van der Waals surface area contributed by atoms with Gasteiger partial charge in [-0.25, -0.2) is 9.97 Å². The lowest BCUT2D eigenvalue weighted by molar-refractivity contribution is 0.0993. The number of hydrogen-bond donors (Lipinski definition) is 3. The van der Waals surface area contributed by atoms with E-state index in [9.17, 15) is 17.8 Å². The number of rotatable bonds is 5. The number of carbonyl (C=O) groups excluding carboxylic acids is 1. The number of ketones is 1. The molecule has 0 atom stereocenters. The Kier molecular flexibility index (Phi) is 6.24. The Balaban J connectivity index is 0.000000189. The van der Waals surface area contributed by atoms with Crippen molar-refractivity contribution < 1.29 is 17.8 Å². The summed E-state index contributed by atoms with van der Waals surface area (Å²) in [6, 6.07) is 11.2. The summed E-state index contributed by atoms with van der Waals surface area (Å²) < 4.78 is 33.6. The Morgan fingerprint density at radius 2 is 1.94 bits per heavy atom. The summed E-state index contributed by atoms with van der Waals surface area (Å²) in [5, 5.41) is 3.74. The molecule has 11 heteroatoms. The van der Waals surface area contributed by atoms with Crippen molar-refractivity contribution in [1.82, 2.24) is 24.6 Å². The second kappa shape index (κ2) is 8.94. The molecule has 2 aromatic heterocycles. The highest BCUT2D eigenvalue weighted by molar-refractivity contribution is 7.83. The van der Waals surface area contributed by atoms with Gasteiger partial charge in [0.15, 0.2) is 5.78 Å². The fourth-order valence-corrected chi connectivity index (χ4v) is 5.09. The van der Waals surface area contributed by atoms with E-state index >= 15 is 0 Å². The van der Waals surface area contributed by atoms with Crippen LogP contribution in [0.1, 0.15) is 23.2 Å². The number of aromatic amines is 1. The number of fused-ring (bicyclic) bond motifs is 1. The van der Waals surface area contributed by atoms with Gasteiger partial charge in [-0.15, -0.1) is 0 Å². The summed E-state index contributed by atoms with van der Waals surface area (Å²) in [6.45, 7) is 1.72. The zero-order chi connectivity index (χ0) is 22.8. The van der Waals surface area contributed by atoms with Crippen LogP contribution in [0.3, 0.4) is 0 Å². The summed E-state index contributed by atoms with van der Waals surface area (Å²) in [7, 11) is -2.38. The first-order valence-corrected chi connectivity index (χ1v) is 11.7. The minimum atomic E-state index is -4.14. The van der Waals surface area contributed by atoms with Crippen LogP contribution in [0.2, 0.25) is 0 Å². The van der Waals surface area contributed by atoms with Crippen molar-refractivity contribution in [3.8, 4) is 0 Å². The molecular formula is C21H26N6O4S. The fourth-order valence-electron chi connectivity index (χ4n) is 4.05. The maximum Gasteiger partial charge on any atom is 0.336 e. The maximum atomic E-state index is 11.5. The molecule has 0 radical (unpaired) electrons. The first-order valence-electron chi connectivity index (χ1n) is 10.4. The number of aromatic nitrogens is 3. The lowest BCUT2D eigenvalue weighted by Crippen LogP contribution is -2.57. The lowest BCUT2D eigenvalue weighted by Gasteiger charge is -2.40. The smallest absolute Gasteiger partial charge is 0.336 e. The van der Waals surface area contributed by atoms with E-state index in [2.05, 4.69) is 25.2 Å². The van der Waals surface area contributed by atoms with Gasteiger partial charge < -0.3 is 15.2 Å². The minimum Gasteiger partial charge on any atom is -0.353 e. The molecule has 3 aromatic rings. The summed E-state index contributed by atoms with van der Waals surface area (Å²) >= 11 is 0. The SMILES string of the molecule is CNCC(=O)c1ccccc1.O=S(=O)(O)N1CCN(c2ncnc3[nH]ccc23)CC12CC2. The van der Waals surface area contributed by atoms with E-state index in [1.165, 1.54) is 10.6 Å².